The van der Waals surface area contributed by atoms with Crippen LogP contribution < -0.4 is 24.8 Å². The summed E-state index contributed by atoms with van der Waals surface area (Å²) < 4.78 is 0.985. The molecule has 2 unspecified atom stereocenters. The van der Waals surface area contributed by atoms with Crippen LogP contribution in [-0.2, 0) is 28.7 Å². The van der Waals surface area contributed by atoms with Gasteiger partial charge in [-0.15, -0.1) is 0 Å². The number of hydrogen-bond acceptors (Lipinski definition) is 0. The Balaban J connectivity index is 0.00000130. The van der Waals surface area contributed by atoms with E-state index in [0.717, 1.165) is 0 Å². The molecule has 0 aromatic heterocycles. The van der Waals surface area contributed by atoms with Crippen LogP contribution in [0.3, 0.4) is 0 Å². The molecule has 172 valence electrons. The van der Waals surface area contributed by atoms with Gasteiger partial charge in [0.05, 0.1) is 0 Å². The zero-order chi connectivity index (χ0) is 21.2. The van der Waals surface area contributed by atoms with Crippen molar-refractivity contribution in [3.8, 4) is 0 Å². The molecule has 0 nitrogen and oxygen atoms in total. The van der Waals surface area contributed by atoms with Gasteiger partial charge in [-0.2, -0.15) is 0 Å². The van der Waals surface area contributed by atoms with Crippen molar-refractivity contribution in [2.75, 3.05) is 0 Å². The van der Waals surface area contributed by atoms with E-state index in [9.17, 15) is 0 Å². The summed E-state index contributed by atoms with van der Waals surface area (Å²) in [6.45, 7) is 5.12. The molecule has 0 N–H and O–H groups in total. The first-order valence-electron chi connectivity index (χ1n) is 12.5. The van der Waals surface area contributed by atoms with Crippen molar-refractivity contribution in [3.63, 3.8) is 0 Å². The average Bonchev–Trinajstić information content (AvgIpc) is 3.29. The van der Waals surface area contributed by atoms with E-state index in [1.807, 2.05) is 0 Å². The molecule has 0 bridgehead atoms. The number of hydrogen-bond donors (Lipinski definition) is 0. The average molecular weight is 589 g/mol. The molecule has 2 heterocycles. The predicted molar refractivity (Wildman–Crippen MR) is 135 cm³/mol. The van der Waals surface area contributed by atoms with Crippen molar-refractivity contribution < 1.29 is 48.0 Å². The zero-order valence-electron chi connectivity index (χ0n) is 19.8. The Morgan fingerprint density at radius 2 is 1.06 bits per heavy atom. The van der Waals surface area contributed by atoms with Crippen LogP contribution in [0.15, 0.2) is 60.7 Å². The molecule has 2 saturated heterocycles. The second-order valence-electron chi connectivity index (χ2n) is 10.6. The maximum atomic E-state index is 2.83. The number of allylic oxidation sites excluding steroid dienone is 2. The van der Waals surface area contributed by atoms with Gasteiger partial charge in [0.25, 0.3) is 0 Å². The molecule has 2 fully saturated rings. The summed E-state index contributed by atoms with van der Waals surface area (Å²) in [4.78, 5) is 0. The second kappa shape index (κ2) is 9.36. The molecule has 0 spiro atoms. The summed E-state index contributed by atoms with van der Waals surface area (Å²) in [6, 6.07) is 28.4. The summed E-state index contributed by atoms with van der Waals surface area (Å²) in [5, 5.41) is 0. The Morgan fingerprint density at radius 3 is 1.39 bits per heavy atom. The monoisotopic (exact) mass is 586 g/mol. The molecule has 2 atom stereocenters. The topological polar surface area (TPSA) is 0 Å². The maximum Gasteiger partial charge on any atom is -1.00 e. The van der Waals surface area contributed by atoms with E-state index < -0.39 is 39.4 Å². The van der Waals surface area contributed by atoms with E-state index in [-0.39, 0.29) is 24.8 Å². The van der Waals surface area contributed by atoms with Crippen LogP contribution in [0.5, 0.6) is 0 Å². The molecule has 0 radical (unpaired) electrons. The van der Waals surface area contributed by atoms with Gasteiger partial charge in [-0.3, -0.25) is 0 Å². The van der Waals surface area contributed by atoms with Crippen molar-refractivity contribution >= 4 is 28.3 Å². The normalized spacial score (nSPS) is 28.9. The van der Waals surface area contributed by atoms with Gasteiger partial charge >= 0.3 is 203 Å². The molecule has 2 aliphatic heterocycles. The molecule has 33 heavy (non-hydrogen) atoms. The van der Waals surface area contributed by atoms with Crippen molar-refractivity contribution in [2.45, 2.75) is 68.4 Å². The van der Waals surface area contributed by atoms with Crippen molar-refractivity contribution in [3.05, 3.63) is 82.9 Å². The van der Waals surface area contributed by atoms with E-state index >= 15 is 0 Å². The van der Waals surface area contributed by atoms with Gasteiger partial charge in [0, 0.05) is 0 Å². The fourth-order valence-corrected chi connectivity index (χ4v) is 34.5. The van der Waals surface area contributed by atoms with E-state index in [1.165, 1.54) is 24.9 Å². The minimum absolute atomic E-state index is 0. The van der Waals surface area contributed by atoms with Crippen LogP contribution in [-0.4, -0.2) is 16.1 Å². The van der Waals surface area contributed by atoms with Crippen LogP contribution >= 0.6 is 0 Å². The van der Waals surface area contributed by atoms with Crippen molar-refractivity contribution in [1.29, 1.82) is 0 Å². The van der Waals surface area contributed by atoms with E-state index in [2.05, 4.69) is 86.7 Å². The molecule has 2 aromatic rings. The largest absolute Gasteiger partial charge is 1.00 e. The van der Waals surface area contributed by atoms with Crippen LogP contribution in [0.1, 0.15) is 48.9 Å². The minimum atomic E-state index is -1.32. The standard InChI is InChI=1S/2C14H17Si.2ClH.Zr/c2*1-2-15(10-5-11-15)14-9-8-12-6-3-4-7-13(12)14;;;/h2*3-4,6-9H,2,5,10-11H2,1H3;2*1H;/q;;;;+2/p-2. The molecule has 6 rings (SSSR count). The van der Waals surface area contributed by atoms with Crippen LogP contribution in [0.4, 0.5) is 0 Å². The Morgan fingerprint density at radius 1 is 0.667 bits per heavy atom. The zero-order valence-corrected chi connectivity index (χ0v) is 25.8. The van der Waals surface area contributed by atoms with Crippen LogP contribution in [0, 0.1) is 0 Å². The maximum absolute atomic E-state index is 2.83. The van der Waals surface area contributed by atoms with Crippen molar-refractivity contribution in [1.82, 2.24) is 0 Å². The van der Waals surface area contributed by atoms with Gasteiger partial charge < -0.3 is 24.8 Å². The SMILES string of the molecule is CC[Si]1([C]2([Zr+2][C]3([Si]4(CC)CCC4)C=Cc4ccccc43)C=Cc3ccccc32)CCC1.[Cl-].[Cl-]. The predicted octanol–water partition coefficient (Wildman–Crippen LogP) is 1.74. The number of halogens is 2. The van der Waals surface area contributed by atoms with Crippen LogP contribution in [0.2, 0.25) is 36.3 Å². The van der Waals surface area contributed by atoms with Gasteiger partial charge in [-0.25, -0.2) is 0 Å². The van der Waals surface area contributed by atoms with Gasteiger partial charge in [0.15, 0.2) is 0 Å². The molecular weight excluding hydrogens is 555 g/mol. The number of fused-ring (bicyclic) bond motifs is 2. The number of rotatable bonds is 6. The number of benzene rings is 2. The van der Waals surface area contributed by atoms with Gasteiger partial charge in [0.1, 0.15) is 0 Å². The molecule has 2 aliphatic carbocycles. The smallest absolute Gasteiger partial charge is 1.00 e. The minimum Gasteiger partial charge on any atom is -1.00 e. The fourth-order valence-electron chi connectivity index (χ4n) is 7.59. The van der Waals surface area contributed by atoms with Crippen molar-refractivity contribution in [2.24, 2.45) is 0 Å². The van der Waals surface area contributed by atoms with Gasteiger partial charge in [0.2, 0.25) is 0 Å². The van der Waals surface area contributed by atoms with Crippen LogP contribution in [0.25, 0.3) is 12.2 Å². The third-order valence-electron chi connectivity index (χ3n) is 9.84. The first-order valence-corrected chi connectivity index (χ1v) is 20.2. The Kier molecular flexibility index (Phi) is 7.35. The summed E-state index contributed by atoms with van der Waals surface area (Å²) in [7, 11) is -2.65. The molecule has 0 saturated carbocycles. The fraction of sp³-hybridized carbons (Fsp3) is 0.429. The quantitative estimate of drug-likeness (QED) is 0.452. The summed E-state index contributed by atoms with van der Waals surface area (Å²) >= 11 is -0.876. The molecule has 4 aliphatic rings. The van der Waals surface area contributed by atoms with E-state index in [4.69, 9.17) is 0 Å². The summed E-state index contributed by atoms with van der Waals surface area (Å²) in [5.74, 6) is 0. The molecule has 2 aromatic carbocycles. The first kappa shape index (κ1) is 25.9. The molecule has 5 heteroatoms. The molecule has 0 amide bonds. The van der Waals surface area contributed by atoms with Gasteiger partial charge in [-0.05, 0) is 0 Å². The second-order valence-corrected chi connectivity index (χ2v) is 27.6. The Labute approximate surface area is 226 Å². The van der Waals surface area contributed by atoms with E-state index in [0.29, 0.717) is 5.49 Å². The Bertz CT molecular complexity index is 992. The molecular formula is C28H34Cl2Si2Zr. The van der Waals surface area contributed by atoms with Gasteiger partial charge in [-0.1, -0.05) is 0 Å². The Hall–Kier alpha value is -0.183. The third kappa shape index (κ3) is 3.36. The summed E-state index contributed by atoms with van der Waals surface area (Å²) in [5.41, 5.74) is 6.65. The van der Waals surface area contributed by atoms with E-state index in [1.54, 1.807) is 46.4 Å². The first-order chi connectivity index (χ1) is 15.1. The third-order valence-corrected chi connectivity index (χ3v) is 35.4. The summed E-state index contributed by atoms with van der Waals surface area (Å²) in [6.07, 6.45) is 13.7.